The number of aliphatic hydroxyl groups is 1. The van der Waals surface area contributed by atoms with Gasteiger partial charge in [-0.1, -0.05) is 0 Å². The van der Waals surface area contributed by atoms with Crippen LogP contribution in [0.4, 0.5) is 0 Å². The van der Waals surface area contributed by atoms with Crippen LogP contribution in [0.3, 0.4) is 0 Å². The molecule has 0 fully saturated rings. The fraction of sp³-hybridized carbons (Fsp3) is 0.353. The molecule has 122 valence electrons. The maximum Gasteiger partial charge on any atom is 0.336 e. The molecule has 6 heteroatoms. The Morgan fingerprint density at radius 3 is 2.70 bits per heavy atom. The Morgan fingerprint density at radius 2 is 1.96 bits per heavy atom. The molecule has 1 aromatic carbocycles. The standard InChI is InChI=1S/C17H18O6/c1-17(2,20-3)12(18)9-22-16-14-11(6-7-21-14)8-10-4-5-13(19)23-15(10)16/h4-8,12,18H,9H2,1-3H3/t12-/m0/s1. The first-order valence-corrected chi connectivity index (χ1v) is 7.22. The van der Waals surface area contributed by atoms with Gasteiger partial charge in [-0.25, -0.2) is 4.79 Å². The lowest BCUT2D eigenvalue weighted by molar-refractivity contribution is -0.0913. The molecule has 6 nitrogen and oxygen atoms in total. The van der Waals surface area contributed by atoms with Crippen LogP contribution >= 0.6 is 0 Å². The third-order valence-electron chi connectivity index (χ3n) is 4.00. The Kier molecular flexibility index (Phi) is 3.87. The Balaban J connectivity index is 2.05. The van der Waals surface area contributed by atoms with Crippen molar-refractivity contribution in [2.75, 3.05) is 13.7 Å². The van der Waals surface area contributed by atoms with Crippen LogP contribution in [-0.2, 0) is 4.74 Å². The maximum absolute atomic E-state index is 11.5. The molecule has 0 aliphatic carbocycles. The maximum atomic E-state index is 11.5. The highest BCUT2D eigenvalue weighted by atomic mass is 16.5. The molecule has 0 unspecified atom stereocenters. The molecule has 0 saturated heterocycles. The Bertz CT molecular complexity index is 889. The Morgan fingerprint density at radius 1 is 1.22 bits per heavy atom. The molecule has 0 aliphatic rings. The summed E-state index contributed by atoms with van der Waals surface area (Å²) in [6.45, 7) is 3.48. The molecule has 0 saturated carbocycles. The molecule has 0 radical (unpaired) electrons. The average Bonchev–Trinajstić information content (AvgIpc) is 2.99. The van der Waals surface area contributed by atoms with E-state index in [1.54, 1.807) is 26.0 Å². The third kappa shape index (κ3) is 2.83. The fourth-order valence-electron chi connectivity index (χ4n) is 2.24. The van der Waals surface area contributed by atoms with E-state index in [0.29, 0.717) is 22.3 Å². The van der Waals surface area contributed by atoms with Crippen molar-refractivity contribution in [2.24, 2.45) is 0 Å². The lowest BCUT2D eigenvalue weighted by Crippen LogP contribution is -2.42. The average molecular weight is 318 g/mol. The van der Waals surface area contributed by atoms with E-state index in [1.165, 1.54) is 19.4 Å². The summed E-state index contributed by atoms with van der Waals surface area (Å²) >= 11 is 0. The van der Waals surface area contributed by atoms with Crippen molar-refractivity contribution in [3.05, 3.63) is 40.9 Å². The van der Waals surface area contributed by atoms with Crippen molar-refractivity contribution in [3.8, 4) is 5.75 Å². The molecule has 1 atom stereocenters. The second-order valence-electron chi connectivity index (χ2n) is 5.85. The van der Waals surface area contributed by atoms with Crippen LogP contribution in [0.5, 0.6) is 5.75 Å². The number of rotatable bonds is 5. The zero-order chi connectivity index (χ0) is 16.6. The third-order valence-corrected chi connectivity index (χ3v) is 4.00. The molecule has 0 bridgehead atoms. The minimum Gasteiger partial charge on any atom is -0.483 e. The predicted molar refractivity (Wildman–Crippen MR) is 84.8 cm³/mol. The second kappa shape index (κ2) is 5.72. The molecule has 2 aromatic heterocycles. The van der Waals surface area contributed by atoms with E-state index in [0.717, 1.165) is 5.39 Å². The predicted octanol–water partition coefficient (Wildman–Crippen LogP) is 2.70. The van der Waals surface area contributed by atoms with Gasteiger partial charge in [0.2, 0.25) is 5.75 Å². The van der Waals surface area contributed by atoms with Gasteiger partial charge in [-0.2, -0.15) is 0 Å². The second-order valence-corrected chi connectivity index (χ2v) is 5.85. The van der Waals surface area contributed by atoms with Gasteiger partial charge < -0.3 is 23.4 Å². The van der Waals surface area contributed by atoms with E-state index in [2.05, 4.69) is 0 Å². The lowest BCUT2D eigenvalue weighted by Gasteiger charge is -2.28. The van der Waals surface area contributed by atoms with Crippen LogP contribution in [0.15, 0.2) is 44.2 Å². The number of methoxy groups -OCH3 is 1. The summed E-state index contributed by atoms with van der Waals surface area (Å²) in [5.41, 5.74) is -0.490. The fourth-order valence-corrected chi connectivity index (χ4v) is 2.24. The Hall–Kier alpha value is -2.31. The van der Waals surface area contributed by atoms with E-state index in [4.69, 9.17) is 18.3 Å². The van der Waals surface area contributed by atoms with Crippen molar-refractivity contribution in [2.45, 2.75) is 25.6 Å². The number of hydrogen-bond acceptors (Lipinski definition) is 6. The topological polar surface area (TPSA) is 82.0 Å². The van der Waals surface area contributed by atoms with Gasteiger partial charge in [-0.05, 0) is 32.0 Å². The zero-order valence-corrected chi connectivity index (χ0v) is 13.2. The van der Waals surface area contributed by atoms with Crippen LogP contribution in [0, 0.1) is 0 Å². The number of furan rings is 1. The monoisotopic (exact) mass is 318 g/mol. The van der Waals surface area contributed by atoms with Gasteiger partial charge in [-0.15, -0.1) is 0 Å². The van der Waals surface area contributed by atoms with Crippen molar-refractivity contribution in [1.82, 2.24) is 0 Å². The van der Waals surface area contributed by atoms with Gasteiger partial charge in [0.1, 0.15) is 12.7 Å². The van der Waals surface area contributed by atoms with Crippen molar-refractivity contribution >= 4 is 21.9 Å². The molecule has 3 aromatic rings. The summed E-state index contributed by atoms with van der Waals surface area (Å²) in [6, 6.07) is 6.65. The summed E-state index contributed by atoms with van der Waals surface area (Å²) in [4.78, 5) is 11.5. The SMILES string of the molecule is COC(C)(C)[C@@H](O)COc1c2occc2cc2ccc(=O)oc12. The number of ether oxygens (including phenoxy) is 2. The largest absolute Gasteiger partial charge is 0.483 e. The molecule has 0 amide bonds. The first kappa shape index (κ1) is 15.6. The summed E-state index contributed by atoms with van der Waals surface area (Å²) in [7, 11) is 1.52. The number of fused-ring (bicyclic) bond motifs is 2. The van der Waals surface area contributed by atoms with Crippen LogP contribution in [0.25, 0.3) is 21.9 Å². The summed E-state index contributed by atoms with van der Waals surface area (Å²) < 4.78 is 21.7. The molecular weight excluding hydrogens is 300 g/mol. The highest BCUT2D eigenvalue weighted by Gasteiger charge is 2.28. The van der Waals surface area contributed by atoms with E-state index in [-0.39, 0.29) is 6.61 Å². The smallest absolute Gasteiger partial charge is 0.336 e. The van der Waals surface area contributed by atoms with Gasteiger partial charge in [0, 0.05) is 23.9 Å². The van der Waals surface area contributed by atoms with Crippen LogP contribution in [-0.4, -0.2) is 30.5 Å². The van der Waals surface area contributed by atoms with Crippen LogP contribution in [0.1, 0.15) is 13.8 Å². The molecule has 23 heavy (non-hydrogen) atoms. The van der Waals surface area contributed by atoms with Gasteiger partial charge in [0.25, 0.3) is 0 Å². The van der Waals surface area contributed by atoms with Crippen molar-refractivity contribution in [1.29, 1.82) is 0 Å². The van der Waals surface area contributed by atoms with Gasteiger partial charge in [0.05, 0.1) is 11.9 Å². The van der Waals surface area contributed by atoms with Gasteiger partial charge in [-0.3, -0.25) is 0 Å². The normalized spacial score (nSPS) is 13.6. The molecule has 0 aliphatic heterocycles. The number of hydrogen-bond donors (Lipinski definition) is 1. The molecule has 3 rings (SSSR count). The van der Waals surface area contributed by atoms with E-state index in [1.807, 2.05) is 6.07 Å². The van der Waals surface area contributed by atoms with Crippen molar-refractivity contribution < 1.29 is 23.4 Å². The van der Waals surface area contributed by atoms with Crippen LogP contribution < -0.4 is 10.4 Å². The summed E-state index contributed by atoms with van der Waals surface area (Å²) in [5, 5.41) is 11.8. The highest BCUT2D eigenvalue weighted by Crippen LogP contribution is 2.35. The minimum atomic E-state index is -0.872. The van der Waals surface area contributed by atoms with Crippen molar-refractivity contribution in [3.63, 3.8) is 0 Å². The molecule has 2 heterocycles. The first-order valence-electron chi connectivity index (χ1n) is 7.22. The van der Waals surface area contributed by atoms with Crippen LogP contribution in [0.2, 0.25) is 0 Å². The summed E-state index contributed by atoms with van der Waals surface area (Å²) in [5.74, 6) is 0.297. The van der Waals surface area contributed by atoms with Gasteiger partial charge >= 0.3 is 5.63 Å². The number of aliphatic hydroxyl groups excluding tert-OH is 1. The van der Waals surface area contributed by atoms with E-state index >= 15 is 0 Å². The minimum absolute atomic E-state index is 0.0334. The lowest BCUT2D eigenvalue weighted by atomic mass is 10.0. The first-order chi connectivity index (χ1) is 10.9. The molecule has 0 spiro atoms. The highest BCUT2D eigenvalue weighted by molar-refractivity contribution is 5.99. The molecular formula is C17H18O6. The summed E-state index contributed by atoms with van der Waals surface area (Å²) in [6.07, 6.45) is 0.660. The number of benzene rings is 1. The quantitative estimate of drug-likeness (QED) is 0.728. The zero-order valence-electron chi connectivity index (χ0n) is 13.2. The molecule has 1 N–H and O–H groups in total. The van der Waals surface area contributed by atoms with Gasteiger partial charge in [0.15, 0.2) is 11.2 Å². The van der Waals surface area contributed by atoms with E-state index in [9.17, 15) is 9.90 Å². The van der Waals surface area contributed by atoms with E-state index < -0.39 is 17.3 Å². The Labute approximate surface area is 132 Å².